The van der Waals surface area contributed by atoms with Crippen molar-refractivity contribution in [3.8, 4) is 0 Å². The number of amides is 1. The molecule has 0 radical (unpaired) electrons. The summed E-state index contributed by atoms with van der Waals surface area (Å²) in [6.45, 7) is 8.10. The van der Waals surface area contributed by atoms with Crippen molar-refractivity contribution >= 4 is 5.91 Å². The standard InChI is InChI=1S/C12H24N2O/c1-3-8-14(4-2)12(15)9-11-6-5-7-13-10-11/h11,13H,3-10H2,1-2H3. The predicted octanol–water partition coefficient (Wildman–Crippen LogP) is 1.63. The molecule has 3 nitrogen and oxygen atoms in total. The number of piperidine rings is 1. The van der Waals surface area contributed by atoms with Crippen LogP contribution in [0, 0.1) is 5.92 Å². The summed E-state index contributed by atoms with van der Waals surface area (Å²) in [6.07, 6.45) is 4.23. The van der Waals surface area contributed by atoms with Gasteiger partial charge in [-0.1, -0.05) is 6.92 Å². The van der Waals surface area contributed by atoms with E-state index in [0.29, 0.717) is 11.8 Å². The second-order valence-corrected chi connectivity index (χ2v) is 4.39. The molecule has 1 rings (SSSR count). The van der Waals surface area contributed by atoms with E-state index in [4.69, 9.17) is 0 Å². The quantitative estimate of drug-likeness (QED) is 0.751. The Balaban J connectivity index is 2.31. The van der Waals surface area contributed by atoms with E-state index in [2.05, 4.69) is 19.2 Å². The van der Waals surface area contributed by atoms with Gasteiger partial charge in [0.1, 0.15) is 0 Å². The number of nitrogens with zero attached hydrogens (tertiary/aromatic N) is 1. The lowest BCUT2D eigenvalue weighted by Crippen LogP contribution is -2.37. The van der Waals surface area contributed by atoms with Crippen LogP contribution < -0.4 is 5.32 Å². The Bertz CT molecular complexity index is 188. The fraction of sp³-hybridized carbons (Fsp3) is 0.917. The maximum atomic E-state index is 11.9. The monoisotopic (exact) mass is 212 g/mol. The van der Waals surface area contributed by atoms with Gasteiger partial charge in [-0.15, -0.1) is 0 Å². The van der Waals surface area contributed by atoms with E-state index in [1.165, 1.54) is 12.8 Å². The highest BCUT2D eigenvalue weighted by Gasteiger charge is 2.19. The average Bonchev–Trinajstić information content (AvgIpc) is 2.27. The molecule has 0 bridgehead atoms. The van der Waals surface area contributed by atoms with Crippen LogP contribution in [0.15, 0.2) is 0 Å². The normalized spacial score (nSPS) is 21.3. The summed E-state index contributed by atoms with van der Waals surface area (Å²) in [6, 6.07) is 0. The molecule has 0 aromatic carbocycles. The molecule has 1 amide bonds. The largest absolute Gasteiger partial charge is 0.343 e. The maximum absolute atomic E-state index is 11.9. The van der Waals surface area contributed by atoms with Gasteiger partial charge in [-0.25, -0.2) is 0 Å². The van der Waals surface area contributed by atoms with Crippen LogP contribution in [-0.2, 0) is 4.79 Å². The fourth-order valence-corrected chi connectivity index (χ4v) is 2.20. The molecule has 3 heteroatoms. The predicted molar refractivity (Wildman–Crippen MR) is 62.8 cm³/mol. The third kappa shape index (κ3) is 4.20. The molecule has 0 saturated carbocycles. The third-order valence-corrected chi connectivity index (χ3v) is 3.09. The van der Waals surface area contributed by atoms with Crippen molar-refractivity contribution in [3.63, 3.8) is 0 Å². The van der Waals surface area contributed by atoms with Gasteiger partial charge in [0.05, 0.1) is 0 Å². The van der Waals surface area contributed by atoms with Gasteiger partial charge in [0.15, 0.2) is 0 Å². The van der Waals surface area contributed by atoms with Crippen molar-refractivity contribution in [2.75, 3.05) is 26.2 Å². The van der Waals surface area contributed by atoms with Gasteiger partial charge < -0.3 is 10.2 Å². The van der Waals surface area contributed by atoms with Gasteiger partial charge in [-0.2, -0.15) is 0 Å². The van der Waals surface area contributed by atoms with Crippen molar-refractivity contribution < 1.29 is 4.79 Å². The smallest absolute Gasteiger partial charge is 0.222 e. The third-order valence-electron chi connectivity index (χ3n) is 3.09. The molecule has 1 aliphatic rings. The highest BCUT2D eigenvalue weighted by atomic mass is 16.2. The van der Waals surface area contributed by atoms with Crippen LogP contribution in [0.4, 0.5) is 0 Å². The topological polar surface area (TPSA) is 32.3 Å². The van der Waals surface area contributed by atoms with Crippen molar-refractivity contribution in [2.24, 2.45) is 5.92 Å². The number of rotatable bonds is 5. The molecule has 1 fully saturated rings. The molecule has 15 heavy (non-hydrogen) atoms. The molecule has 1 unspecified atom stereocenters. The minimum absolute atomic E-state index is 0.341. The number of hydrogen-bond donors (Lipinski definition) is 1. The summed E-state index contributed by atoms with van der Waals surface area (Å²) in [4.78, 5) is 13.9. The number of nitrogens with one attached hydrogen (secondary N) is 1. The molecule has 0 aromatic heterocycles. The van der Waals surface area contributed by atoms with Crippen LogP contribution in [0.25, 0.3) is 0 Å². The summed E-state index contributed by atoms with van der Waals surface area (Å²) in [5.41, 5.74) is 0. The Morgan fingerprint density at radius 1 is 1.47 bits per heavy atom. The summed E-state index contributed by atoms with van der Waals surface area (Å²) >= 11 is 0. The number of carbonyl (C=O) groups excluding carboxylic acids is 1. The maximum Gasteiger partial charge on any atom is 0.222 e. The Morgan fingerprint density at radius 2 is 2.27 bits per heavy atom. The second-order valence-electron chi connectivity index (χ2n) is 4.39. The second kappa shape index (κ2) is 6.83. The first kappa shape index (κ1) is 12.5. The molecule has 1 atom stereocenters. The summed E-state index contributed by atoms with van der Waals surface area (Å²) < 4.78 is 0. The highest BCUT2D eigenvalue weighted by molar-refractivity contribution is 5.76. The molecule has 0 spiro atoms. The molecule has 88 valence electrons. The van der Waals surface area contributed by atoms with E-state index >= 15 is 0 Å². The van der Waals surface area contributed by atoms with Crippen molar-refractivity contribution in [1.29, 1.82) is 0 Å². The van der Waals surface area contributed by atoms with E-state index in [-0.39, 0.29) is 0 Å². The summed E-state index contributed by atoms with van der Waals surface area (Å²) in [5, 5.41) is 3.36. The van der Waals surface area contributed by atoms with Crippen LogP contribution in [0.3, 0.4) is 0 Å². The van der Waals surface area contributed by atoms with Gasteiger partial charge in [0.2, 0.25) is 5.91 Å². The van der Waals surface area contributed by atoms with Gasteiger partial charge >= 0.3 is 0 Å². The lowest BCUT2D eigenvalue weighted by atomic mass is 9.95. The minimum atomic E-state index is 0.341. The first-order valence-electron chi connectivity index (χ1n) is 6.26. The van der Waals surface area contributed by atoms with E-state index in [9.17, 15) is 4.79 Å². The van der Waals surface area contributed by atoms with Gasteiger partial charge in [0, 0.05) is 19.5 Å². The minimum Gasteiger partial charge on any atom is -0.343 e. The lowest BCUT2D eigenvalue weighted by molar-refractivity contribution is -0.132. The zero-order valence-corrected chi connectivity index (χ0v) is 10.1. The number of hydrogen-bond acceptors (Lipinski definition) is 2. The van der Waals surface area contributed by atoms with Crippen LogP contribution in [0.2, 0.25) is 0 Å². The molecule has 1 saturated heterocycles. The van der Waals surface area contributed by atoms with Crippen LogP contribution in [0.1, 0.15) is 39.5 Å². The molecule has 1 aliphatic heterocycles. The molecule has 1 N–H and O–H groups in total. The van der Waals surface area contributed by atoms with Gasteiger partial charge in [-0.05, 0) is 45.2 Å². The SMILES string of the molecule is CCCN(CC)C(=O)CC1CCCNC1. The van der Waals surface area contributed by atoms with Crippen LogP contribution in [0.5, 0.6) is 0 Å². The first-order valence-corrected chi connectivity index (χ1v) is 6.26. The average molecular weight is 212 g/mol. The van der Waals surface area contributed by atoms with E-state index in [1.807, 2.05) is 4.90 Å². The fourth-order valence-electron chi connectivity index (χ4n) is 2.20. The molecule has 1 heterocycles. The van der Waals surface area contributed by atoms with Gasteiger partial charge in [-0.3, -0.25) is 4.79 Å². The Kier molecular flexibility index (Phi) is 5.69. The molecular weight excluding hydrogens is 188 g/mol. The van der Waals surface area contributed by atoms with E-state index in [0.717, 1.165) is 39.0 Å². The van der Waals surface area contributed by atoms with Crippen molar-refractivity contribution in [3.05, 3.63) is 0 Å². The van der Waals surface area contributed by atoms with Crippen molar-refractivity contribution in [1.82, 2.24) is 10.2 Å². The van der Waals surface area contributed by atoms with E-state index in [1.54, 1.807) is 0 Å². The molecular formula is C12H24N2O. The Hall–Kier alpha value is -0.570. The van der Waals surface area contributed by atoms with Gasteiger partial charge in [0.25, 0.3) is 0 Å². The van der Waals surface area contributed by atoms with Crippen molar-refractivity contribution in [2.45, 2.75) is 39.5 Å². The lowest BCUT2D eigenvalue weighted by Gasteiger charge is -2.26. The highest BCUT2D eigenvalue weighted by Crippen LogP contribution is 2.15. The Morgan fingerprint density at radius 3 is 2.80 bits per heavy atom. The Labute approximate surface area is 93.2 Å². The zero-order chi connectivity index (χ0) is 11.1. The van der Waals surface area contributed by atoms with Crippen LogP contribution in [-0.4, -0.2) is 37.0 Å². The molecule has 0 aliphatic carbocycles. The summed E-state index contributed by atoms with van der Waals surface area (Å²) in [5.74, 6) is 0.908. The first-order chi connectivity index (χ1) is 7.27. The van der Waals surface area contributed by atoms with Crippen LogP contribution >= 0.6 is 0 Å². The molecule has 0 aromatic rings. The number of carbonyl (C=O) groups is 1. The summed E-state index contributed by atoms with van der Waals surface area (Å²) in [7, 11) is 0. The zero-order valence-electron chi connectivity index (χ0n) is 10.1. The van der Waals surface area contributed by atoms with E-state index < -0.39 is 0 Å².